The van der Waals surface area contributed by atoms with Gasteiger partial charge in [-0.05, 0) is 44.9 Å². The third-order valence-electron chi connectivity index (χ3n) is 4.31. The van der Waals surface area contributed by atoms with E-state index in [1.807, 2.05) is 46.8 Å². The quantitative estimate of drug-likeness (QED) is 0.282. The van der Waals surface area contributed by atoms with Crippen LogP contribution in [0.4, 0.5) is 0 Å². The third-order valence-corrected chi connectivity index (χ3v) is 4.31. The molecule has 0 spiro atoms. The first-order valence-corrected chi connectivity index (χ1v) is 10.4. The van der Waals surface area contributed by atoms with Crippen molar-refractivity contribution in [2.45, 2.75) is 67.7 Å². The molecule has 1 unspecified atom stereocenters. The summed E-state index contributed by atoms with van der Waals surface area (Å²) in [6, 6.07) is 5.59. The molecule has 1 rings (SSSR count). The number of ether oxygens (including phenoxy) is 1. The van der Waals surface area contributed by atoms with E-state index in [2.05, 4.69) is 6.58 Å². The van der Waals surface area contributed by atoms with Gasteiger partial charge in [0.25, 0.3) is 0 Å². The molecule has 0 N–H and O–H groups in total. The van der Waals surface area contributed by atoms with Gasteiger partial charge >= 0.3 is 0 Å². The van der Waals surface area contributed by atoms with Gasteiger partial charge in [-0.15, -0.1) is 0 Å². The Kier molecular flexibility index (Phi) is 17.1. The molecule has 0 saturated carbocycles. The summed E-state index contributed by atoms with van der Waals surface area (Å²) in [6.45, 7) is 16.5. The molecular formula is C25H38O5. The first-order chi connectivity index (χ1) is 14.0. The minimum atomic E-state index is 0.00774. The molecule has 0 bridgehead atoms. The number of carbonyl (C=O) groups excluding carboxylic acids is 4. The second-order valence-corrected chi connectivity index (χ2v) is 7.27. The lowest BCUT2D eigenvalue weighted by Crippen LogP contribution is -2.09. The zero-order valence-corrected chi connectivity index (χ0v) is 19.6. The molecule has 0 aliphatic carbocycles. The van der Waals surface area contributed by atoms with E-state index in [4.69, 9.17) is 9.53 Å². The summed E-state index contributed by atoms with van der Waals surface area (Å²) in [5.41, 5.74) is 1.74. The number of hydrogen-bond acceptors (Lipinski definition) is 5. The van der Waals surface area contributed by atoms with E-state index in [9.17, 15) is 14.4 Å². The van der Waals surface area contributed by atoms with E-state index >= 15 is 0 Å². The molecular weight excluding hydrogens is 380 g/mol. The second kappa shape index (κ2) is 17.3. The lowest BCUT2D eigenvalue weighted by Gasteiger charge is -2.10. The van der Waals surface area contributed by atoms with Crippen molar-refractivity contribution >= 4 is 23.6 Å². The minimum absolute atomic E-state index is 0.00774. The van der Waals surface area contributed by atoms with Gasteiger partial charge in [-0.2, -0.15) is 0 Å². The lowest BCUT2D eigenvalue weighted by molar-refractivity contribution is -0.121. The van der Waals surface area contributed by atoms with Gasteiger partial charge in [0, 0.05) is 30.2 Å². The van der Waals surface area contributed by atoms with E-state index in [1.54, 1.807) is 19.1 Å². The first-order valence-electron chi connectivity index (χ1n) is 10.4. The Morgan fingerprint density at radius 3 is 2.17 bits per heavy atom. The third kappa shape index (κ3) is 13.6. The van der Waals surface area contributed by atoms with Crippen LogP contribution in [0.3, 0.4) is 0 Å². The SMILES string of the molecule is C=CCOc1ccc(C)c(C(=O)C(C)C)c1.CC=O.CCC(=O)CCC(C)C(C)=O. The summed E-state index contributed by atoms with van der Waals surface area (Å²) in [6.07, 6.45) is 4.29. The summed E-state index contributed by atoms with van der Waals surface area (Å²) >= 11 is 0. The van der Waals surface area contributed by atoms with Crippen LogP contribution in [0, 0.1) is 18.8 Å². The summed E-state index contributed by atoms with van der Waals surface area (Å²) in [4.78, 5) is 42.3. The van der Waals surface area contributed by atoms with Crippen LogP contribution in [0.5, 0.6) is 5.75 Å². The van der Waals surface area contributed by atoms with Crippen LogP contribution in [0.15, 0.2) is 30.9 Å². The van der Waals surface area contributed by atoms with E-state index in [1.165, 1.54) is 6.92 Å². The Morgan fingerprint density at radius 2 is 1.73 bits per heavy atom. The highest BCUT2D eigenvalue weighted by molar-refractivity contribution is 5.99. The zero-order chi connectivity index (χ0) is 23.7. The van der Waals surface area contributed by atoms with E-state index in [0.29, 0.717) is 25.9 Å². The molecule has 168 valence electrons. The molecule has 0 aliphatic heterocycles. The summed E-state index contributed by atoms with van der Waals surface area (Å²) in [7, 11) is 0. The van der Waals surface area contributed by atoms with Crippen LogP contribution in [0.2, 0.25) is 0 Å². The highest BCUT2D eigenvalue weighted by Crippen LogP contribution is 2.20. The Bertz CT molecular complexity index is 689. The summed E-state index contributed by atoms with van der Waals surface area (Å²) < 4.78 is 5.41. The number of ketones is 3. The first kappa shape index (κ1) is 29.6. The Balaban J connectivity index is 0. The molecule has 1 aromatic carbocycles. The molecule has 0 fully saturated rings. The van der Waals surface area contributed by atoms with Gasteiger partial charge in [0.05, 0.1) is 0 Å². The van der Waals surface area contributed by atoms with Crippen molar-refractivity contribution in [3.63, 3.8) is 0 Å². The maximum absolute atomic E-state index is 11.9. The van der Waals surface area contributed by atoms with Crippen LogP contribution in [0.25, 0.3) is 0 Å². The van der Waals surface area contributed by atoms with E-state index in [-0.39, 0.29) is 29.2 Å². The topological polar surface area (TPSA) is 77.5 Å². The molecule has 0 aromatic heterocycles. The van der Waals surface area contributed by atoms with Gasteiger partial charge in [0.1, 0.15) is 30.2 Å². The lowest BCUT2D eigenvalue weighted by atomic mass is 9.97. The van der Waals surface area contributed by atoms with Crippen molar-refractivity contribution < 1.29 is 23.9 Å². The van der Waals surface area contributed by atoms with Crippen molar-refractivity contribution in [3.05, 3.63) is 42.0 Å². The van der Waals surface area contributed by atoms with Crippen molar-refractivity contribution in [2.24, 2.45) is 11.8 Å². The molecule has 30 heavy (non-hydrogen) atoms. The summed E-state index contributed by atoms with van der Waals surface area (Å²) in [5, 5.41) is 0. The van der Waals surface area contributed by atoms with Crippen molar-refractivity contribution in [1.82, 2.24) is 0 Å². The molecule has 0 radical (unpaired) electrons. The van der Waals surface area contributed by atoms with E-state index < -0.39 is 0 Å². The van der Waals surface area contributed by atoms with Crippen LogP contribution in [-0.4, -0.2) is 30.2 Å². The van der Waals surface area contributed by atoms with Crippen LogP contribution in [0.1, 0.15) is 76.7 Å². The van der Waals surface area contributed by atoms with E-state index in [0.717, 1.165) is 23.2 Å². The number of aryl methyl sites for hydroxylation is 1. The number of carbonyl (C=O) groups is 4. The van der Waals surface area contributed by atoms with Crippen LogP contribution < -0.4 is 4.74 Å². The highest BCUT2D eigenvalue weighted by Gasteiger charge is 2.13. The average molecular weight is 419 g/mol. The van der Waals surface area contributed by atoms with Crippen molar-refractivity contribution in [1.29, 1.82) is 0 Å². The Hall–Kier alpha value is -2.56. The number of rotatable bonds is 10. The van der Waals surface area contributed by atoms with Crippen LogP contribution in [-0.2, 0) is 14.4 Å². The highest BCUT2D eigenvalue weighted by atomic mass is 16.5. The molecule has 0 heterocycles. The molecule has 5 nitrogen and oxygen atoms in total. The van der Waals surface area contributed by atoms with Crippen LogP contribution >= 0.6 is 0 Å². The minimum Gasteiger partial charge on any atom is -0.490 e. The fraction of sp³-hybridized carbons (Fsp3) is 0.520. The Labute approximate surface area is 181 Å². The molecule has 5 heteroatoms. The number of hydrogen-bond donors (Lipinski definition) is 0. The Morgan fingerprint density at radius 1 is 1.17 bits per heavy atom. The fourth-order valence-corrected chi connectivity index (χ4v) is 2.18. The molecule has 0 aliphatic rings. The second-order valence-electron chi connectivity index (χ2n) is 7.27. The standard InChI is InChI=1S/C14H18O2.C9H16O2.C2H4O/c1-5-8-16-12-7-6-11(4)13(9-12)14(15)10(2)3;1-4-9(11)6-5-7(2)8(3)10;1-2-3/h5-7,9-10H,1,8H2,2-4H3;7H,4-6H2,1-3H3;2H,1H3. The summed E-state index contributed by atoms with van der Waals surface area (Å²) in [5.74, 6) is 1.35. The van der Waals surface area contributed by atoms with Gasteiger partial charge in [-0.25, -0.2) is 0 Å². The molecule has 0 amide bonds. The molecule has 1 atom stereocenters. The number of benzene rings is 1. The normalized spacial score (nSPS) is 10.5. The fourth-order valence-electron chi connectivity index (χ4n) is 2.18. The smallest absolute Gasteiger partial charge is 0.165 e. The van der Waals surface area contributed by atoms with Gasteiger partial charge in [-0.1, -0.05) is 46.4 Å². The van der Waals surface area contributed by atoms with Crippen molar-refractivity contribution in [2.75, 3.05) is 6.61 Å². The van der Waals surface area contributed by atoms with Gasteiger partial charge < -0.3 is 9.53 Å². The number of Topliss-reactive ketones (excluding diaryl/α,β-unsaturated/α-hetero) is 3. The predicted octanol–water partition coefficient (Wildman–Crippen LogP) is 5.57. The number of aldehydes is 1. The predicted molar refractivity (Wildman–Crippen MR) is 122 cm³/mol. The zero-order valence-electron chi connectivity index (χ0n) is 19.6. The van der Waals surface area contributed by atoms with Gasteiger partial charge in [0.15, 0.2) is 5.78 Å². The van der Waals surface area contributed by atoms with Gasteiger partial charge in [0.2, 0.25) is 0 Å². The average Bonchev–Trinajstić information content (AvgIpc) is 2.71. The molecule has 1 aromatic rings. The van der Waals surface area contributed by atoms with Crippen molar-refractivity contribution in [3.8, 4) is 5.75 Å². The monoisotopic (exact) mass is 418 g/mol. The molecule has 0 saturated heterocycles. The van der Waals surface area contributed by atoms with Gasteiger partial charge in [-0.3, -0.25) is 14.4 Å². The maximum atomic E-state index is 11.9. The largest absolute Gasteiger partial charge is 0.490 e. The maximum Gasteiger partial charge on any atom is 0.165 e.